The molecule has 0 unspecified atom stereocenters. The molecule has 0 aliphatic carbocycles. The van der Waals surface area contributed by atoms with Crippen molar-refractivity contribution in [1.29, 1.82) is 0 Å². The third kappa shape index (κ3) is 5.35. The molecule has 0 aliphatic heterocycles. The first-order chi connectivity index (χ1) is 7.68. The van der Waals surface area contributed by atoms with Crippen LogP contribution in [0.1, 0.15) is 0 Å². The summed E-state index contributed by atoms with van der Waals surface area (Å²) in [5.74, 6) is -0.202. The fourth-order valence-electron chi connectivity index (χ4n) is 0.983. The second-order valence-corrected chi connectivity index (χ2v) is 4.04. The van der Waals surface area contributed by atoms with Gasteiger partial charge in [-0.1, -0.05) is 18.2 Å². The van der Waals surface area contributed by atoms with E-state index in [0.29, 0.717) is 5.75 Å². The lowest BCUT2D eigenvalue weighted by Crippen LogP contribution is -2.17. The second-order valence-electron chi connectivity index (χ2n) is 2.87. The van der Waals surface area contributed by atoms with Crippen LogP contribution in [0.15, 0.2) is 35.2 Å². The Bertz CT molecular complexity index is 355. The number of benzene rings is 1. The van der Waals surface area contributed by atoms with Crippen molar-refractivity contribution in [3.05, 3.63) is 40.4 Å². The number of thioether (sulfide) groups is 1. The van der Waals surface area contributed by atoms with Gasteiger partial charge in [0.25, 0.3) is 6.54 Å². The summed E-state index contributed by atoms with van der Waals surface area (Å²) in [4.78, 5) is 21.1. The lowest BCUT2D eigenvalue weighted by atomic mass is 10.4. The molecule has 0 amide bonds. The molecule has 0 radical (unpaired) electrons. The van der Waals surface area contributed by atoms with Crippen LogP contribution in [-0.4, -0.2) is 29.8 Å². The van der Waals surface area contributed by atoms with E-state index in [1.807, 2.05) is 30.3 Å². The van der Waals surface area contributed by atoms with Crippen LogP contribution in [0, 0.1) is 10.1 Å². The predicted octanol–water partition coefficient (Wildman–Crippen LogP) is 1.60. The average molecular weight is 241 g/mol. The number of carbonyl (C=O) groups is 1. The van der Waals surface area contributed by atoms with Gasteiger partial charge in [-0.2, -0.15) is 0 Å². The van der Waals surface area contributed by atoms with Crippen LogP contribution in [0.3, 0.4) is 0 Å². The van der Waals surface area contributed by atoms with Crippen molar-refractivity contribution >= 4 is 17.7 Å². The minimum atomic E-state index is -0.793. The first kappa shape index (κ1) is 12.5. The molecule has 0 atom stereocenters. The van der Waals surface area contributed by atoms with Gasteiger partial charge in [-0.3, -0.25) is 10.1 Å². The lowest BCUT2D eigenvalue weighted by molar-refractivity contribution is -0.470. The van der Waals surface area contributed by atoms with Crippen molar-refractivity contribution in [2.45, 2.75) is 4.90 Å². The Morgan fingerprint density at radius 1 is 1.38 bits per heavy atom. The van der Waals surface area contributed by atoms with E-state index in [4.69, 9.17) is 0 Å². The number of esters is 1. The third-order valence-electron chi connectivity index (χ3n) is 1.62. The quantitative estimate of drug-likeness (QED) is 0.249. The molecule has 0 saturated heterocycles. The molecule has 0 bridgehead atoms. The highest BCUT2D eigenvalue weighted by atomic mass is 32.2. The maximum absolute atomic E-state index is 10.8. The summed E-state index contributed by atoms with van der Waals surface area (Å²) in [6, 6.07) is 9.65. The second kappa shape index (κ2) is 6.84. The molecule has 0 aromatic heterocycles. The van der Waals surface area contributed by atoms with Gasteiger partial charge >= 0.3 is 5.97 Å². The fourth-order valence-corrected chi connectivity index (χ4v) is 1.73. The van der Waals surface area contributed by atoms with Crippen LogP contribution in [0.5, 0.6) is 0 Å². The molecule has 6 heteroatoms. The number of carbonyl (C=O) groups excluding carboxylic acids is 1. The number of ether oxygens (including phenoxy) is 1. The summed E-state index contributed by atoms with van der Waals surface area (Å²) < 4.78 is 4.67. The molecule has 0 fully saturated rings. The average Bonchev–Trinajstić information content (AvgIpc) is 2.25. The van der Waals surface area contributed by atoms with Crippen molar-refractivity contribution < 1.29 is 14.5 Å². The van der Waals surface area contributed by atoms with E-state index in [9.17, 15) is 14.9 Å². The standard InChI is InChI=1S/C10H11NO4S/c12-10(8-11(13)14)15-6-7-16-9-4-2-1-3-5-9/h1-5H,6-8H2. The van der Waals surface area contributed by atoms with Gasteiger partial charge in [-0.05, 0) is 12.1 Å². The SMILES string of the molecule is O=C(C[N+](=O)[O-])OCCSc1ccccc1. The fraction of sp³-hybridized carbons (Fsp3) is 0.300. The van der Waals surface area contributed by atoms with Gasteiger partial charge in [0.15, 0.2) is 0 Å². The minimum Gasteiger partial charge on any atom is -0.460 e. The van der Waals surface area contributed by atoms with Gasteiger partial charge < -0.3 is 4.74 Å². The predicted molar refractivity (Wildman–Crippen MR) is 60.0 cm³/mol. The number of nitro groups is 1. The molecular weight excluding hydrogens is 230 g/mol. The molecular formula is C10H11NO4S. The Kier molecular flexibility index (Phi) is 5.35. The van der Waals surface area contributed by atoms with Crippen molar-refractivity contribution in [3.8, 4) is 0 Å². The largest absolute Gasteiger partial charge is 0.460 e. The van der Waals surface area contributed by atoms with Crippen molar-refractivity contribution in [1.82, 2.24) is 0 Å². The van der Waals surface area contributed by atoms with Gasteiger partial charge in [0.1, 0.15) is 6.61 Å². The summed E-state index contributed by atoms with van der Waals surface area (Å²) in [6.07, 6.45) is 0. The Labute approximate surface area is 96.9 Å². The van der Waals surface area contributed by atoms with Gasteiger partial charge in [0, 0.05) is 15.6 Å². The topological polar surface area (TPSA) is 69.4 Å². The molecule has 1 rings (SSSR count). The molecule has 1 aromatic rings. The van der Waals surface area contributed by atoms with Crippen molar-refractivity contribution in [2.24, 2.45) is 0 Å². The summed E-state index contributed by atoms with van der Waals surface area (Å²) >= 11 is 1.53. The van der Waals surface area contributed by atoms with E-state index >= 15 is 0 Å². The molecule has 86 valence electrons. The maximum Gasteiger partial charge on any atom is 0.378 e. The van der Waals surface area contributed by atoms with Crippen LogP contribution in [0.2, 0.25) is 0 Å². The zero-order valence-corrected chi connectivity index (χ0v) is 9.31. The van der Waals surface area contributed by atoms with E-state index in [0.717, 1.165) is 4.90 Å². The highest BCUT2D eigenvalue weighted by Crippen LogP contribution is 2.16. The zero-order valence-electron chi connectivity index (χ0n) is 8.50. The van der Waals surface area contributed by atoms with Crippen LogP contribution < -0.4 is 0 Å². The third-order valence-corrected chi connectivity index (χ3v) is 2.59. The van der Waals surface area contributed by atoms with Gasteiger partial charge in [0.2, 0.25) is 0 Å². The number of hydrogen-bond acceptors (Lipinski definition) is 5. The van der Waals surface area contributed by atoms with E-state index < -0.39 is 17.4 Å². The maximum atomic E-state index is 10.8. The smallest absolute Gasteiger partial charge is 0.378 e. The highest BCUT2D eigenvalue weighted by molar-refractivity contribution is 7.99. The molecule has 5 nitrogen and oxygen atoms in total. The Hall–Kier alpha value is -1.56. The molecule has 0 N–H and O–H groups in total. The van der Waals surface area contributed by atoms with E-state index in [-0.39, 0.29) is 6.61 Å². The zero-order chi connectivity index (χ0) is 11.8. The Balaban J connectivity index is 2.13. The summed E-state index contributed by atoms with van der Waals surface area (Å²) in [7, 11) is 0. The summed E-state index contributed by atoms with van der Waals surface area (Å²) in [6.45, 7) is -0.581. The number of hydrogen-bond donors (Lipinski definition) is 0. The van der Waals surface area contributed by atoms with E-state index in [2.05, 4.69) is 4.74 Å². The highest BCUT2D eigenvalue weighted by Gasteiger charge is 2.09. The number of nitrogens with zero attached hydrogens (tertiary/aromatic N) is 1. The number of rotatable bonds is 6. The molecule has 0 spiro atoms. The monoisotopic (exact) mass is 241 g/mol. The normalized spacial score (nSPS) is 9.75. The van der Waals surface area contributed by atoms with Crippen LogP contribution in [0.25, 0.3) is 0 Å². The van der Waals surface area contributed by atoms with Crippen LogP contribution >= 0.6 is 11.8 Å². The summed E-state index contributed by atoms with van der Waals surface area (Å²) in [5.41, 5.74) is 0. The van der Waals surface area contributed by atoms with Crippen LogP contribution in [-0.2, 0) is 9.53 Å². The molecule has 1 aromatic carbocycles. The first-order valence-electron chi connectivity index (χ1n) is 4.64. The molecule has 16 heavy (non-hydrogen) atoms. The molecule has 0 aliphatic rings. The van der Waals surface area contributed by atoms with Crippen molar-refractivity contribution in [2.75, 3.05) is 18.9 Å². The van der Waals surface area contributed by atoms with Crippen molar-refractivity contribution in [3.63, 3.8) is 0 Å². The summed E-state index contributed by atoms with van der Waals surface area (Å²) in [5, 5.41) is 9.96. The minimum absolute atomic E-state index is 0.187. The van der Waals surface area contributed by atoms with Crippen LogP contribution in [0.4, 0.5) is 0 Å². The van der Waals surface area contributed by atoms with E-state index in [1.165, 1.54) is 11.8 Å². The molecule has 0 heterocycles. The Morgan fingerprint density at radius 2 is 2.06 bits per heavy atom. The lowest BCUT2D eigenvalue weighted by Gasteiger charge is -2.02. The van der Waals surface area contributed by atoms with E-state index in [1.54, 1.807) is 0 Å². The molecule has 0 saturated carbocycles. The van der Waals surface area contributed by atoms with Gasteiger partial charge in [-0.25, -0.2) is 4.79 Å². The first-order valence-corrected chi connectivity index (χ1v) is 5.62. The Morgan fingerprint density at radius 3 is 2.69 bits per heavy atom. The van der Waals surface area contributed by atoms with Gasteiger partial charge in [0.05, 0.1) is 0 Å². The van der Waals surface area contributed by atoms with Gasteiger partial charge in [-0.15, -0.1) is 11.8 Å².